The van der Waals surface area contributed by atoms with E-state index in [0.717, 1.165) is 24.8 Å². The number of esters is 1. The summed E-state index contributed by atoms with van der Waals surface area (Å²) in [6.07, 6.45) is 3.06. The highest BCUT2D eigenvalue weighted by Crippen LogP contribution is 2.38. The molecule has 0 spiro atoms. The van der Waals surface area contributed by atoms with Crippen molar-refractivity contribution in [1.29, 1.82) is 0 Å². The molecule has 0 amide bonds. The number of halogens is 2. The van der Waals surface area contributed by atoms with Crippen LogP contribution in [0.5, 0.6) is 5.75 Å². The molecule has 0 aromatic heterocycles. The van der Waals surface area contributed by atoms with Crippen molar-refractivity contribution in [3.63, 3.8) is 0 Å². The van der Waals surface area contributed by atoms with E-state index in [-0.39, 0.29) is 29.6 Å². The third kappa shape index (κ3) is 6.64. The minimum Gasteiger partial charge on any atom is -0.492 e. The number of sulfonamides is 1. The molecule has 0 N–H and O–H groups in total. The maximum absolute atomic E-state index is 13.8. The lowest BCUT2D eigenvalue weighted by Gasteiger charge is -2.26. The SMILES string of the molecule is CC(C)(C)OC(=O)CCCOc1cc(Cl)c(Br)cc1S(=O)(=O)N1CCCCc2ccccc21. The van der Waals surface area contributed by atoms with Crippen molar-refractivity contribution in [3.8, 4) is 5.75 Å². The molecular weight excluding hydrogens is 530 g/mol. The Kier molecular flexibility index (Phi) is 8.35. The normalized spacial score (nSPS) is 14.4. The van der Waals surface area contributed by atoms with Crippen LogP contribution in [0.2, 0.25) is 5.02 Å². The largest absolute Gasteiger partial charge is 0.492 e. The van der Waals surface area contributed by atoms with E-state index in [2.05, 4.69) is 15.9 Å². The van der Waals surface area contributed by atoms with Crippen LogP contribution in [0.3, 0.4) is 0 Å². The molecule has 180 valence electrons. The van der Waals surface area contributed by atoms with Gasteiger partial charge in [0.2, 0.25) is 0 Å². The highest BCUT2D eigenvalue weighted by Gasteiger charge is 2.31. The molecule has 1 heterocycles. The first-order valence-corrected chi connectivity index (χ1v) is 13.5. The first-order valence-electron chi connectivity index (χ1n) is 10.9. The molecule has 1 aliphatic heterocycles. The van der Waals surface area contributed by atoms with Crippen molar-refractivity contribution >= 4 is 49.2 Å². The lowest BCUT2D eigenvalue weighted by Crippen LogP contribution is -2.32. The summed E-state index contributed by atoms with van der Waals surface area (Å²) in [6.45, 7) is 5.96. The van der Waals surface area contributed by atoms with Gasteiger partial charge in [0.25, 0.3) is 10.0 Å². The van der Waals surface area contributed by atoms with Crippen LogP contribution in [0.4, 0.5) is 5.69 Å². The predicted octanol–water partition coefficient (Wildman–Crippen LogP) is 6.13. The third-order valence-corrected chi connectivity index (χ3v) is 8.11. The molecule has 2 aromatic rings. The highest BCUT2D eigenvalue weighted by atomic mass is 79.9. The van der Waals surface area contributed by atoms with Gasteiger partial charge in [0.05, 0.1) is 17.3 Å². The van der Waals surface area contributed by atoms with Crippen molar-refractivity contribution in [3.05, 3.63) is 51.5 Å². The maximum atomic E-state index is 13.8. The second kappa shape index (κ2) is 10.7. The van der Waals surface area contributed by atoms with Gasteiger partial charge in [-0.05, 0) is 80.1 Å². The van der Waals surface area contributed by atoms with E-state index in [1.807, 2.05) is 45.0 Å². The van der Waals surface area contributed by atoms with Crippen LogP contribution in [0.1, 0.15) is 52.0 Å². The predicted molar refractivity (Wildman–Crippen MR) is 134 cm³/mol. The van der Waals surface area contributed by atoms with Gasteiger partial charge in [-0.1, -0.05) is 29.8 Å². The Morgan fingerprint density at radius 1 is 1.18 bits per heavy atom. The average Bonchev–Trinajstić information content (AvgIpc) is 2.95. The Hall–Kier alpha value is -1.77. The van der Waals surface area contributed by atoms with Gasteiger partial charge in [-0.3, -0.25) is 9.10 Å². The molecular formula is C24H29BrClNO5S. The zero-order valence-corrected chi connectivity index (χ0v) is 22.2. The molecule has 0 atom stereocenters. The summed E-state index contributed by atoms with van der Waals surface area (Å²) in [7, 11) is -3.92. The monoisotopic (exact) mass is 557 g/mol. The number of aryl methyl sites for hydroxylation is 1. The smallest absolute Gasteiger partial charge is 0.306 e. The van der Waals surface area contributed by atoms with E-state index in [1.165, 1.54) is 16.4 Å². The van der Waals surface area contributed by atoms with Gasteiger partial charge in [0, 0.05) is 23.5 Å². The highest BCUT2D eigenvalue weighted by molar-refractivity contribution is 9.10. The molecule has 0 aliphatic carbocycles. The number of anilines is 1. The van der Waals surface area contributed by atoms with Crippen molar-refractivity contribution in [1.82, 2.24) is 0 Å². The molecule has 6 nitrogen and oxygen atoms in total. The van der Waals surface area contributed by atoms with Gasteiger partial charge in [-0.2, -0.15) is 0 Å². The zero-order valence-electron chi connectivity index (χ0n) is 19.1. The lowest BCUT2D eigenvalue weighted by molar-refractivity contribution is -0.155. The fourth-order valence-corrected chi connectivity index (χ4v) is 5.97. The number of carbonyl (C=O) groups excluding carboxylic acids is 1. The van der Waals surface area contributed by atoms with Crippen LogP contribution in [-0.4, -0.2) is 33.1 Å². The van der Waals surface area contributed by atoms with Gasteiger partial charge in [0.15, 0.2) is 0 Å². The number of ether oxygens (including phenoxy) is 2. The molecule has 0 radical (unpaired) electrons. The van der Waals surface area contributed by atoms with E-state index >= 15 is 0 Å². The summed E-state index contributed by atoms with van der Waals surface area (Å²) in [5, 5.41) is 0.340. The van der Waals surface area contributed by atoms with E-state index in [0.29, 0.717) is 28.1 Å². The molecule has 3 rings (SSSR count). The van der Waals surface area contributed by atoms with E-state index in [1.54, 1.807) is 0 Å². The van der Waals surface area contributed by atoms with E-state index in [9.17, 15) is 13.2 Å². The molecule has 9 heteroatoms. The van der Waals surface area contributed by atoms with Gasteiger partial charge < -0.3 is 9.47 Å². The molecule has 2 aromatic carbocycles. The van der Waals surface area contributed by atoms with Crippen LogP contribution < -0.4 is 9.04 Å². The molecule has 0 fully saturated rings. The van der Waals surface area contributed by atoms with E-state index in [4.69, 9.17) is 21.1 Å². The fourth-order valence-electron chi connectivity index (χ4n) is 3.64. The second-order valence-corrected chi connectivity index (χ2v) is 12.0. The van der Waals surface area contributed by atoms with Gasteiger partial charge >= 0.3 is 5.97 Å². The number of benzene rings is 2. The van der Waals surface area contributed by atoms with Crippen LogP contribution in [0.25, 0.3) is 0 Å². The number of fused-ring (bicyclic) bond motifs is 1. The summed E-state index contributed by atoms with van der Waals surface area (Å²) >= 11 is 9.60. The Morgan fingerprint density at radius 2 is 1.91 bits per heavy atom. The van der Waals surface area contributed by atoms with Gasteiger partial charge in [-0.15, -0.1) is 0 Å². The topological polar surface area (TPSA) is 72.9 Å². The molecule has 0 saturated heterocycles. The average molecular weight is 559 g/mol. The van der Waals surface area contributed by atoms with Gasteiger partial charge in [0.1, 0.15) is 16.2 Å². The van der Waals surface area contributed by atoms with Crippen molar-refractivity contribution in [2.24, 2.45) is 0 Å². The Labute approximate surface area is 209 Å². The van der Waals surface area contributed by atoms with Crippen LogP contribution in [0, 0.1) is 0 Å². The zero-order chi connectivity index (χ0) is 24.2. The summed E-state index contributed by atoms with van der Waals surface area (Å²) in [5.41, 5.74) is 1.14. The van der Waals surface area contributed by atoms with Crippen molar-refractivity contribution < 1.29 is 22.7 Å². The Bertz CT molecular complexity index is 1110. The number of hydrogen-bond donors (Lipinski definition) is 0. The fraction of sp³-hybridized carbons (Fsp3) is 0.458. The number of hydrogen-bond acceptors (Lipinski definition) is 5. The number of rotatable bonds is 7. The van der Waals surface area contributed by atoms with Crippen molar-refractivity contribution in [2.75, 3.05) is 17.5 Å². The molecule has 33 heavy (non-hydrogen) atoms. The molecule has 0 saturated carbocycles. The van der Waals surface area contributed by atoms with Crippen LogP contribution >= 0.6 is 27.5 Å². The van der Waals surface area contributed by atoms with Crippen molar-refractivity contribution in [2.45, 2.75) is 63.4 Å². The maximum Gasteiger partial charge on any atom is 0.306 e. The summed E-state index contributed by atoms with van der Waals surface area (Å²) in [5.74, 6) is -0.164. The molecule has 0 bridgehead atoms. The number of nitrogens with zero attached hydrogens (tertiary/aromatic N) is 1. The molecule has 1 aliphatic rings. The number of para-hydroxylation sites is 1. The Balaban J connectivity index is 1.84. The van der Waals surface area contributed by atoms with Gasteiger partial charge in [-0.25, -0.2) is 8.42 Å². The third-order valence-electron chi connectivity index (χ3n) is 5.08. The van der Waals surface area contributed by atoms with E-state index < -0.39 is 15.6 Å². The van der Waals surface area contributed by atoms with Crippen LogP contribution in [0.15, 0.2) is 45.8 Å². The summed E-state index contributed by atoms with van der Waals surface area (Å²) in [4.78, 5) is 12.0. The Morgan fingerprint density at radius 3 is 2.64 bits per heavy atom. The summed E-state index contributed by atoms with van der Waals surface area (Å²) in [6, 6.07) is 10.6. The quantitative estimate of drug-likeness (QED) is 0.302. The first kappa shape index (κ1) is 25.8. The minimum absolute atomic E-state index is 0.0350. The first-order chi connectivity index (χ1) is 15.5. The lowest BCUT2D eigenvalue weighted by atomic mass is 10.1. The van der Waals surface area contributed by atoms with Crippen LogP contribution in [-0.2, 0) is 26.0 Å². The summed E-state index contributed by atoms with van der Waals surface area (Å²) < 4.78 is 40.6. The minimum atomic E-state index is -3.92. The molecule has 0 unspecified atom stereocenters. The second-order valence-electron chi connectivity index (χ2n) is 8.91. The standard InChI is InChI=1S/C24H29BrClNO5S/c1-24(2,3)32-23(28)12-8-14-31-21-16-19(26)18(25)15-22(21)33(29,30)27-13-7-6-10-17-9-4-5-11-20(17)27/h4-5,9,11,15-16H,6-8,10,12-14H2,1-3H3. The number of carbonyl (C=O) groups is 1.